The standard InChI is InChI=1S/C29H35FN4O6/c1-28(2,3)39-26(36)32-22(14-8-7-9-15-24(35)21-16-17-38-33-21)25-31-18-23(19-12-10-11-13-20(19)30)34(25)27(37)40-29(4,5)6/h7-8,10-13,16-18,22H,9,14-15H2,1-6H3,(H,32,36)/b8-7+/t22-/m0/s1. The van der Waals surface area contributed by atoms with Gasteiger partial charge < -0.3 is 19.3 Å². The van der Waals surface area contributed by atoms with E-state index in [9.17, 15) is 18.8 Å². The van der Waals surface area contributed by atoms with E-state index < -0.39 is 35.2 Å². The number of imidazole rings is 1. The number of carbonyl (C=O) groups excluding carboxylic acids is 3. The maximum absolute atomic E-state index is 14.8. The van der Waals surface area contributed by atoms with Crippen molar-refractivity contribution in [1.82, 2.24) is 20.0 Å². The lowest BCUT2D eigenvalue weighted by atomic mass is 10.1. The van der Waals surface area contributed by atoms with E-state index in [2.05, 4.69) is 15.5 Å². The molecule has 10 nitrogen and oxygen atoms in total. The number of hydrogen-bond donors (Lipinski definition) is 1. The molecule has 1 aromatic carbocycles. The number of aromatic nitrogens is 3. The zero-order chi connectivity index (χ0) is 29.5. The Morgan fingerprint density at radius 3 is 2.38 bits per heavy atom. The van der Waals surface area contributed by atoms with Crippen molar-refractivity contribution in [3.05, 3.63) is 72.3 Å². The summed E-state index contributed by atoms with van der Waals surface area (Å²) >= 11 is 0. The minimum absolute atomic E-state index is 0.127. The Balaban J connectivity index is 1.94. The van der Waals surface area contributed by atoms with Gasteiger partial charge in [0.1, 0.15) is 34.8 Å². The molecule has 2 heterocycles. The number of halogens is 1. The smallest absolute Gasteiger partial charge is 0.420 e. The average Bonchev–Trinajstić information content (AvgIpc) is 3.52. The molecule has 0 unspecified atom stereocenters. The number of benzene rings is 1. The molecule has 40 heavy (non-hydrogen) atoms. The minimum Gasteiger partial charge on any atom is -0.444 e. The zero-order valence-electron chi connectivity index (χ0n) is 23.6. The van der Waals surface area contributed by atoms with Gasteiger partial charge in [-0.1, -0.05) is 29.4 Å². The van der Waals surface area contributed by atoms with Crippen LogP contribution < -0.4 is 5.32 Å². The van der Waals surface area contributed by atoms with Crippen molar-refractivity contribution >= 4 is 18.0 Å². The number of nitrogens with zero attached hydrogens (tertiary/aromatic N) is 3. The van der Waals surface area contributed by atoms with E-state index in [-0.39, 0.29) is 41.4 Å². The number of nitrogens with one attached hydrogen (secondary N) is 1. The van der Waals surface area contributed by atoms with Crippen LogP contribution in [0.25, 0.3) is 11.3 Å². The number of amides is 1. The second kappa shape index (κ2) is 12.7. The van der Waals surface area contributed by atoms with Gasteiger partial charge in [-0.3, -0.25) is 4.79 Å². The number of allylic oxidation sites excluding steroid dienone is 1. The molecule has 0 saturated heterocycles. The lowest BCUT2D eigenvalue weighted by Gasteiger charge is -2.25. The largest absolute Gasteiger partial charge is 0.444 e. The Kier molecular flexibility index (Phi) is 9.62. The van der Waals surface area contributed by atoms with Crippen molar-refractivity contribution in [2.45, 2.75) is 78.0 Å². The summed E-state index contributed by atoms with van der Waals surface area (Å²) in [6, 6.07) is 6.63. The number of carbonyl (C=O) groups is 3. The van der Waals surface area contributed by atoms with E-state index in [1.165, 1.54) is 30.7 Å². The molecule has 1 atom stereocenters. The van der Waals surface area contributed by atoms with Crippen LogP contribution >= 0.6 is 0 Å². The zero-order valence-corrected chi connectivity index (χ0v) is 23.6. The summed E-state index contributed by atoms with van der Waals surface area (Å²) in [6.07, 6.45) is 5.53. The third kappa shape index (κ3) is 8.62. The first kappa shape index (κ1) is 30.3. The highest BCUT2D eigenvalue weighted by Crippen LogP contribution is 2.29. The first-order chi connectivity index (χ1) is 18.7. The molecule has 1 amide bonds. The molecule has 3 aromatic rings. The summed E-state index contributed by atoms with van der Waals surface area (Å²) in [5, 5.41) is 6.40. The van der Waals surface area contributed by atoms with E-state index in [1.54, 1.807) is 65.8 Å². The van der Waals surface area contributed by atoms with E-state index in [1.807, 2.05) is 0 Å². The van der Waals surface area contributed by atoms with E-state index in [0.717, 1.165) is 4.57 Å². The second-order valence-corrected chi connectivity index (χ2v) is 11.0. The van der Waals surface area contributed by atoms with Gasteiger partial charge >= 0.3 is 12.2 Å². The van der Waals surface area contributed by atoms with E-state index in [0.29, 0.717) is 6.42 Å². The fourth-order valence-electron chi connectivity index (χ4n) is 3.70. The van der Waals surface area contributed by atoms with E-state index in [4.69, 9.17) is 14.0 Å². The number of Topliss-reactive ketones (excluding diaryl/α,β-unsaturated/α-hetero) is 1. The predicted octanol–water partition coefficient (Wildman–Crippen LogP) is 6.64. The quantitative estimate of drug-likeness (QED) is 0.231. The summed E-state index contributed by atoms with van der Waals surface area (Å²) in [5.74, 6) is -0.592. The molecule has 0 aliphatic heterocycles. The number of ketones is 1. The molecule has 0 aliphatic carbocycles. The normalized spacial score (nSPS) is 12.8. The van der Waals surface area contributed by atoms with Gasteiger partial charge in [-0.2, -0.15) is 0 Å². The van der Waals surface area contributed by atoms with Crippen LogP contribution in [0.4, 0.5) is 14.0 Å². The lowest BCUT2D eigenvalue weighted by Crippen LogP contribution is -2.37. The Labute approximate surface area is 232 Å². The number of hydrogen-bond acceptors (Lipinski definition) is 8. The van der Waals surface area contributed by atoms with Gasteiger partial charge in [-0.25, -0.2) is 23.5 Å². The molecule has 0 spiro atoms. The number of ether oxygens (including phenoxy) is 2. The monoisotopic (exact) mass is 554 g/mol. The predicted molar refractivity (Wildman–Crippen MR) is 145 cm³/mol. The van der Waals surface area contributed by atoms with Gasteiger partial charge in [0.15, 0.2) is 5.78 Å². The first-order valence-electron chi connectivity index (χ1n) is 12.9. The molecule has 3 rings (SSSR count). The summed E-state index contributed by atoms with van der Waals surface area (Å²) < 4.78 is 31.7. The van der Waals surface area contributed by atoms with Gasteiger partial charge in [-0.15, -0.1) is 0 Å². The molecule has 0 radical (unpaired) electrons. The van der Waals surface area contributed by atoms with Gasteiger partial charge in [0.2, 0.25) is 0 Å². The van der Waals surface area contributed by atoms with Gasteiger partial charge in [0.05, 0.1) is 17.9 Å². The van der Waals surface area contributed by atoms with Crippen LogP contribution in [0.1, 0.15) is 83.2 Å². The van der Waals surface area contributed by atoms with Crippen LogP contribution in [0.15, 0.2) is 59.5 Å². The molecule has 0 aliphatic rings. The maximum Gasteiger partial charge on any atom is 0.420 e. The van der Waals surface area contributed by atoms with Crippen LogP contribution in [0.5, 0.6) is 0 Å². The number of alkyl carbamates (subject to hydrolysis) is 1. The molecule has 0 bridgehead atoms. The lowest BCUT2D eigenvalue weighted by molar-refractivity contribution is 0.0474. The Morgan fingerprint density at radius 1 is 1.05 bits per heavy atom. The van der Waals surface area contributed by atoms with Crippen molar-refractivity contribution in [3.8, 4) is 11.3 Å². The van der Waals surface area contributed by atoms with Crippen LogP contribution in [0.3, 0.4) is 0 Å². The highest BCUT2D eigenvalue weighted by molar-refractivity contribution is 5.94. The molecule has 1 N–H and O–H groups in total. The molecule has 0 saturated carbocycles. The summed E-state index contributed by atoms with van der Waals surface area (Å²) in [6.45, 7) is 10.3. The van der Waals surface area contributed by atoms with Crippen molar-refractivity contribution in [2.75, 3.05) is 0 Å². The Hall–Kier alpha value is -4.28. The number of rotatable bonds is 9. The Morgan fingerprint density at radius 2 is 1.75 bits per heavy atom. The van der Waals surface area contributed by atoms with Crippen molar-refractivity contribution in [2.24, 2.45) is 0 Å². The molecule has 0 fully saturated rings. The molecule has 214 valence electrons. The molecule has 2 aromatic heterocycles. The average molecular weight is 555 g/mol. The van der Waals surface area contributed by atoms with Crippen molar-refractivity contribution in [1.29, 1.82) is 0 Å². The minimum atomic E-state index is -0.856. The third-order valence-electron chi connectivity index (χ3n) is 5.32. The highest BCUT2D eigenvalue weighted by Gasteiger charge is 2.30. The SMILES string of the molecule is CC(C)(C)OC(=O)N[C@@H](C/C=C/CCC(=O)c1ccon1)c1ncc(-c2ccccc2F)n1C(=O)OC(C)(C)C. The molecular formula is C29H35FN4O6. The fourth-order valence-corrected chi connectivity index (χ4v) is 3.70. The molecular weight excluding hydrogens is 519 g/mol. The topological polar surface area (TPSA) is 126 Å². The van der Waals surface area contributed by atoms with Gasteiger partial charge in [-0.05, 0) is 66.5 Å². The van der Waals surface area contributed by atoms with Crippen LogP contribution in [0, 0.1) is 5.82 Å². The van der Waals surface area contributed by atoms with Gasteiger partial charge in [0.25, 0.3) is 0 Å². The molecule has 11 heteroatoms. The second-order valence-electron chi connectivity index (χ2n) is 11.0. The highest BCUT2D eigenvalue weighted by atomic mass is 19.1. The van der Waals surface area contributed by atoms with Crippen LogP contribution in [-0.4, -0.2) is 43.9 Å². The first-order valence-corrected chi connectivity index (χ1v) is 12.9. The van der Waals surface area contributed by atoms with Crippen molar-refractivity contribution in [3.63, 3.8) is 0 Å². The summed E-state index contributed by atoms with van der Waals surface area (Å²) in [4.78, 5) is 42.7. The fraction of sp³-hybridized carbons (Fsp3) is 0.414. The maximum atomic E-state index is 14.8. The van der Waals surface area contributed by atoms with Crippen molar-refractivity contribution < 1.29 is 32.8 Å². The summed E-state index contributed by atoms with van der Waals surface area (Å²) in [7, 11) is 0. The van der Waals surface area contributed by atoms with Gasteiger partial charge in [0, 0.05) is 18.1 Å². The third-order valence-corrected chi connectivity index (χ3v) is 5.32. The van der Waals surface area contributed by atoms with Crippen LogP contribution in [0.2, 0.25) is 0 Å². The Bertz CT molecular complexity index is 1350. The van der Waals surface area contributed by atoms with Crippen LogP contribution in [-0.2, 0) is 9.47 Å². The van der Waals surface area contributed by atoms with E-state index >= 15 is 0 Å². The summed E-state index contributed by atoms with van der Waals surface area (Å²) in [5.41, 5.74) is -1.07.